The Balaban J connectivity index is 2.37. The number of hydrogen-bond acceptors (Lipinski definition) is 3. The molecular formula is C13H15Cl2N3O2S. The van der Waals surface area contributed by atoms with Crippen molar-refractivity contribution in [3.8, 4) is 0 Å². The average molecular weight is 348 g/mol. The number of halogens is 2. The van der Waals surface area contributed by atoms with Crippen LogP contribution in [0.15, 0.2) is 23.1 Å². The Labute approximate surface area is 133 Å². The molecule has 21 heavy (non-hydrogen) atoms. The Hall–Kier alpha value is -1.08. The fraction of sp³-hybridized carbons (Fsp3) is 0.308. The van der Waals surface area contributed by atoms with Gasteiger partial charge in [-0.05, 0) is 24.6 Å². The molecule has 2 rings (SSSR count). The van der Waals surface area contributed by atoms with E-state index in [0.29, 0.717) is 11.6 Å². The molecule has 0 atom stereocenters. The lowest BCUT2D eigenvalue weighted by Gasteiger charge is -2.13. The lowest BCUT2D eigenvalue weighted by atomic mass is 10.1. The van der Waals surface area contributed by atoms with E-state index in [1.807, 2.05) is 6.92 Å². The molecule has 2 aromatic rings. The van der Waals surface area contributed by atoms with E-state index in [0.717, 1.165) is 21.1 Å². The fourth-order valence-corrected chi connectivity index (χ4v) is 3.58. The van der Waals surface area contributed by atoms with Crippen LogP contribution in [0.25, 0.3) is 0 Å². The summed E-state index contributed by atoms with van der Waals surface area (Å²) in [4.78, 5) is 0.0907. The van der Waals surface area contributed by atoms with Gasteiger partial charge in [0.25, 0.3) is 0 Å². The molecule has 0 radical (unpaired) electrons. The molecule has 1 aromatic heterocycles. The van der Waals surface area contributed by atoms with E-state index >= 15 is 0 Å². The van der Waals surface area contributed by atoms with Crippen LogP contribution in [0.3, 0.4) is 0 Å². The number of benzene rings is 1. The summed E-state index contributed by atoms with van der Waals surface area (Å²) in [7, 11) is -0.613. The van der Waals surface area contributed by atoms with Crippen LogP contribution in [-0.2, 0) is 16.4 Å². The summed E-state index contributed by atoms with van der Waals surface area (Å²) >= 11 is 12.1. The quantitative estimate of drug-likeness (QED) is 0.924. The standard InChI is InChI=1S/C13H15Cl2N3O2S/c1-8-10(13(15)17-16-8)6-9-4-5-12(11(14)7-9)21(19,20)18(2)3/h4-5,7H,6H2,1-3H3,(H,16,17). The summed E-state index contributed by atoms with van der Waals surface area (Å²) in [5, 5.41) is 7.40. The van der Waals surface area contributed by atoms with Gasteiger partial charge in [0.2, 0.25) is 10.0 Å². The van der Waals surface area contributed by atoms with E-state index in [-0.39, 0.29) is 9.92 Å². The Kier molecular flexibility index (Phi) is 4.63. The van der Waals surface area contributed by atoms with Crippen molar-refractivity contribution >= 4 is 33.2 Å². The second-order valence-corrected chi connectivity index (χ2v) is 7.74. The molecule has 0 aliphatic heterocycles. The summed E-state index contributed by atoms with van der Waals surface area (Å²) in [6.45, 7) is 1.85. The van der Waals surface area contributed by atoms with E-state index in [9.17, 15) is 8.42 Å². The number of sulfonamides is 1. The van der Waals surface area contributed by atoms with E-state index < -0.39 is 10.0 Å². The van der Waals surface area contributed by atoms with Crippen LogP contribution < -0.4 is 0 Å². The zero-order valence-corrected chi connectivity index (χ0v) is 14.1. The molecule has 0 fully saturated rings. The maximum Gasteiger partial charge on any atom is 0.244 e. The molecule has 0 amide bonds. The van der Waals surface area contributed by atoms with Crippen molar-refractivity contribution in [1.82, 2.24) is 14.5 Å². The highest BCUT2D eigenvalue weighted by Gasteiger charge is 2.21. The van der Waals surface area contributed by atoms with Crippen LogP contribution in [0.1, 0.15) is 16.8 Å². The van der Waals surface area contributed by atoms with Crippen molar-refractivity contribution < 1.29 is 8.42 Å². The number of aromatic amines is 1. The molecule has 1 N–H and O–H groups in total. The minimum atomic E-state index is -3.55. The van der Waals surface area contributed by atoms with Gasteiger partial charge < -0.3 is 0 Å². The minimum absolute atomic E-state index is 0.0907. The molecule has 114 valence electrons. The first kappa shape index (κ1) is 16.3. The van der Waals surface area contributed by atoms with Crippen molar-refractivity contribution in [2.75, 3.05) is 14.1 Å². The maximum atomic E-state index is 12.1. The number of H-pyrrole nitrogens is 1. The second kappa shape index (κ2) is 5.96. The molecule has 0 spiro atoms. The summed E-state index contributed by atoms with van der Waals surface area (Å²) < 4.78 is 25.3. The van der Waals surface area contributed by atoms with Gasteiger partial charge in [0.05, 0.1) is 10.7 Å². The van der Waals surface area contributed by atoms with Crippen molar-refractivity contribution in [2.24, 2.45) is 0 Å². The van der Waals surface area contributed by atoms with Crippen molar-refractivity contribution in [3.05, 3.63) is 45.2 Å². The minimum Gasteiger partial charge on any atom is -0.267 e. The van der Waals surface area contributed by atoms with Gasteiger partial charge in [-0.15, -0.1) is 0 Å². The number of aryl methyl sites for hydroxylation is 1. The maximum absolute atomic E-state index is 12.1. The third kappa shape index (κ3) is 3.23. The Morgan fingerprint density at radius 2 is 1.95 bits per heavy atom. The Morgan fingerprint density at radius 1 is 1.29 bits per heavy atom. The molecular weight excluding hydrogens is 333 g/mol. The number of aromatic nitrogens is 2. The number of nitrogens with zero attached hydrogens (tertiary/aromatic N) is 2. The van der Waals surface area contributed by atoms with Crippen LogP contribution in [0.4, 0.5) is 0 Å². The Morgan fingerprint density at radius 3 is 2.43 bits per heavy atom. The van der Waals surface area contributed by atoms with E-state index in [2.05, 4.69) is 10.2 Å². The van der Waals surface area contributed by atoms with Gasteiger partial charge in [-0.2, -0.15) is 5.10 Å². The summed E-state index contributed by atoms with van der Waals surface area (Å²) in [6, 6.07) is 4.88. The van der Waals surface area contributed by atoms with Crippen LogP contribution in [0.2, 0.25) is 10.2 Å². The van der Waals surface area contributed by atoms with Crippen molar-refractivity contribution in [1.29, 1.82) is 0 Å². The normalized spacial score (nSPS) is 12.1. The third-order valence-electron chi connectivity index (χ3n) is 3.16. The lowest BCUT2D eigenvalue weighted by molar-refractivity contribution is 0.521. The second-order valence-electron chi connectivity index (χ2n) is 4.83. The van der Waals surface area contributed by atoms with E-state index in [4.69, 9.17) is 23.2 Å². The predicted octanol–water partition coefficient (Wildman–Crippen LogP) is 2.87. The first-order chi connectivity index (χ1) is 9.73. The summed E-state index contributed by atoms with van der Waals surface area (Å²) in [5.41, 5.74) is 2.54. The molecule has 0 unspecified atom stereocenters. The molecule has 1 aromatic carbocycles. The highest BCUT2D eigenvalue weighted by molar-refractivity contribution is 7.89. The predicted molar refractivity (Wildman–Crippen MR) is 83.5 cm³/mol. The van der Waals surface area contributed by atoms with Gasteiger partial charge in [0.1, 0.15) is 10.0 Å². The number of nitrogens with one attached hydrogen (secondary N) is 1. The average Bonchev–Trinajstić information content (AvgIpc) is 2.70. The van der Waals surface area contributed by atoms with Gasteiger partial charge in [-0.3, -0.25) is 5.10 Å². The monoisotopic (exact) mass is 347 g/mol. The molecule has 0 saturated heterocycles. The summed E-state index contributed by atoms with van der Waals surface area (Å²) in [6.07, 6.45) is 0.531. The van der Waals surface area contributed by atoms with Gasteiger partial charge >= 0.3 is 0 Å². The SMILES string of the molecule is Cc1n[nH]c(Cl)c1Cc1ccc(S(=O)(=O)N(C)C)c(Cl)c1. The zero-order valence-electron chi connectivity index (χ0n) is 11.8. The largest absolute Gasteiger partial charge is 0.267 e. The molecule has 1 heterocycles. The van der Waals surface area contributed by atoms with E-state index in [1.165, 1.54) is 20.2 Å². The molecule has 8 heteroatoms. The first-order valence-electron chi connectivity index (χ1n) is 6.13. The first-order valence-corrected chi connectivity index (χ1v) is 8.33. The fourth-order valence-electron chi connectivity index (χ4n) is 1.90. The molecule has 0 saturated carbocycles. The third-order valence-corrected chi connectivity index (χ3v) is 5.77. The van der Waals surface area contributed by atoms with Crippen LogP contribution in [0, 0.1) is 6.92 Å². The van der Waals surface area contributed by atoms with E-state index in [1.54, 1.807) is 12.1 Å². The van der Waals surface area contributed by atoms with Crippen LogP contribution in [-0.4, -0.2) is 37.0 Å². The number of rotatable bonds is 4. The van der Waals surface area contributed by atoms with Gasteiger partial charge in [-0.25, -0.2) is 12.7 Å². The van der Waals surface area contributed by atoms with Crippen molar-refractivity contribution in [2.45, 2.75) is 18.2 Å². The Bertz CT molecular complexity index is 750. The van der Waals surface area contributed by atoms with Crippen LogP contribution in [0.5, 0.6) is 0 Å². The molecule has 0 aliphatic carbocycles. The van der Waals surface area contributed by atoms with Gasteiger partial charge in [0.15, 0.2) is 0 Å². The highest BCUT2D eigenvalue weighted by atomic mass is 35.5. The van der Waals surface area contributed by atoms with Crippen LogP contribution >= 0.6 is 23.2 Å². The van der Waals surface area contributed by atoms with Gasteiger partial charge in [-0.1, -0.05) is 29.3 Å². The number of hydrogen-bond donors (Lipinski definition) is 1. The smallest absolute Gasteiger partial charge is 0.244 e. The topological polar surface area (TPSA) is 66.1 Å². The van der Waals surface area contributed by atoms with Gasteiger partial charge in [0, 0.05) is 26.1 Å². The molecule has 0 bridgehead atoms. The lowest BCUT2D eigenvalue weighted by Crippen LogP contribution is -2.22. The zero-order chi connectivity index (χ0) is 15.8. The highest BCUT2D eigenvalue weighted by Crippen LogP contribution is 2.27. The van der Waals surface area contributed by atoms with Crippen molar-refractivity contribution in [3.63, 3.8) is 0 Å². The molecule has 5 nitrogen and oxygen atoms in total. The summed E-state index contributed by atoms with van der Waals surface area (Å²) in [5.74, 6) is 0. The molecule has 0 aliphatic rings.